The Morgan fingerprint density at radius 1 is 1.03 bits per heavy atom. The maximum absolute atomic E-state index is 13.2. The number of sulfonamides is 2. The summed E-state index contributed by atoms with van der Waals surface area (Å²) in [6.45, 7) is 0. The van der Waals surface area contributed by atoms with Gasteiger partial charge in [-0.25, -0.2) is 21.5 Å². The van der Waals surface area contributed by atoms with Gasteiger partial charge in [-0.3, -0.25) is 0 Å². The molecule has 3 rings (SSSR count). The van der Waals surface area contributed by atoms with Crippen molar-refractivity contribution in [1.29, 1.82) is 0 Å². The summed E-state index contributed by atoms with van der Waals surface area (Å²) < 4.78 is 115. The van der Waals surface area contributed by atoms with Crippen LogP contribution in [0.15, 0.2) is 17.0 Å². The Balaban J connectivity index is 2.35. The molecule has 0 radical (unpaired) electrons. The Hall–Kier alpha value is -1.49. The maximum Gasteiger partial charge on any atom is 0.310 e. The van der Waals surface area contributed by atoms with E-state index in [1.807, 2.05) is 0 Å². The average molecular weight is 565 g/mol. The van der Waals surface area contributed by atoms with Crippen LogP contribution in [0.2, 0.25) is 10.0 Å². The first-order valence-corrected chi connectivity index (χ1v) is 14.7. The van der Waals surface area contributed by atoms with Crippen molar-refractivity contribution in [2.24, 2.45) is 0 Å². The van der Waals surface area contributed by atoms with Crippen LogP contribution in [-0.2, 0) is 20.0 Å². The summed E-state index contributed by atoms with van der Waals surface area (Å²) in [6, 6.07) is -0.125. The zero-order valence-corrected chi connectivity index (χ0v) is 20.0. The minimum atomic E-state index is -10.1. The molecule has 2 aromatic rings. The van der Waals surface area contributed by atoms with E-state index >= 15 is 0 Å². The second-order valence-corrected chi connectivity index (χ2v) is 14.4. The summed E-state index contributed by atoms with van der Waals surface area (Å²) in [6.07, 6.45) is 2.20. The van der Waals surface area contributed by atoms with Crippen LogP contribution < -0.4 is 9.44 Å². The number of hydrogen-bond donors (Lipinski definition) is 1. The molecule has 0 saturated heterocycles. The summed E-state index contributed by atoms with van der Waals surface area (Å²) in [5.74, 6) is -1.03. The van der Waals surface area contributed by atoms with Gasteiger partial charge in [-0.2, -0.15) is 8.81 Å². The zero-order chi connectivity index (χ0) is 24.7. The summed E-state index contributed by atoms with van der Waals surface area (Å²) in [5, 5.41) is 2.19. The molecule has 1 aromatic carbocycles. The number of aromatic nitrogens is 2. The van der Waals surface area contributed by atoms with Crippen LogP contribution in [0.3, 0.4) is 0 Å². The third-order valence-electron chi connectivity index (χ3n) is 4.32. The molecule has 1 fully saturated rings. The quantitative estimate of drug-likeness (QED) is 0.492. The van der Waals surface area contributed by atoms with E-state index < -0.39 is 68.3 Å². The largest absolute Gasteiger partial charge is 0.382 e. The molecular weight excluding hydrogens is 550 g/mol. The lowest BCUT2D eigenvalue weighted by atomic mass is 10.2. The van der Waals surface area contributed by atoms with E-state index in [0.29, 0.717) is 30.0 Å². The van der Waals surface area contributed by atoms with E-state index in [1.165, 1.54) is 0 Å². The van der Waals surface area contributed by atoms with E-state index in [4.69, 9.17) is 28.9 Å². The second-order valence-electron chi connectivity index (χ2n) is 7.23. The number of halogens is 7. The first kappa shape index (κ1) is 25.1. The molecule has 0 bridgehead atoms. The van der Waals surface area contributed by atoms with Gasteiger partial charge in [-0.1, -0.05) is 42.6 Å². The van der Waals surface area contributed by atoms with Crippen molar-refractivity contribution in [3.8, 4) is 5.69 Å². The van der Waals surface area contributed by atoms with E-state index in [-0.39, 0.29) is 21.5 Å². The van der Waals surface area contributed by atoms with E-state index in [9.17, 15) is 36.3 Å². The van der Waals surface area contributed by atoms with Crippen molar-refractivity contribution >= 4 is 65.0 Å². The first-order valence-electron chi connectivity index (χ1n) is 8.34. The van der Waals surface area contributed by atoms with Gasteiger partial charge in [0.15, 0.2) is 5.82 Å². The topological polar surface area (TPSA) is 115 Å². The third-order valence-corrected chi connectivity index (χ3v) is 9.22. The number of anilines is 2. The number of hydrogen-bond acceptors (Lipinski definition) is 6. The van der Waals surface area contributed by atoms with Crippen molar-refractivity contribution in [2.75, 3.05) is 22.0 Å². The highest BCUT2D eigenvalue weighted by atomic mass is 35.5. The van der Waals surface area contributed by atoms with Crippen molar-refractivity contribution in [2.45, 2.75) is 23.7 Å². The summed E-state index contributed by atoms with van der Waals surface area (Å²) >= 11 is 11.6. The minimum absolute atomic E-state index is 0.0391. The van der Waals surface area contributed by atoms with Crippen molar-refractivity contribution in [1.82, 2.24) is 9.78 Å². The molecule has 18 heteroatoms. The van der Waals surface area contributed by atoms with Gasteiger partial charge in [0.1, 0.15) is 16.3 Å². The number of nitrogens with zero attached hydrogens (tertiary/aromatic N) is 3. The predicted octanol–water partition coefficient (Wildman–Crippen LogP) is 5.02. The van der Waals surface area contributed by atoms with Crippen LogP contribution in [0, 0.1) is 0 Å². The fourth-order valence-electron chi connectivity index (χ4n) is 2.97. The highest BCUT2D eigenvalue weighted by Gasteiger charge is 2.65. The molecule has 182 valence electrons. The highest BCUT2D eigenvalue weighted by molar-refractivity contribution is 8.45. The molecule has 1 aliphatic carbocycles. The van der Waals surface area contributed by atoms with Crippen LogP contribution in [0.5, 0.6) is 0 Å². The fraction of sp³-hybridized carbons (Fsp3) is 0.357. The van der Waals surface area contributed by atoms with Gasteiger partial charge in [0, 0.05) is 5.92 Å². The Bertz CT molecular complexity index is 1300. The van der Waals surface area contributed by atoms with Gasteiger partial charge >= 0.3 is 10.2 Å². The van der Waals surface area contributed by atoms with Crippen LogP contribution in [0.25, 0.3) is 5.69 Å². The molecule has 1 aliphatic rings. The van der Waals surface area contributed by atoms with Crippen molar-refractivity contribution in [3.05, 3.63) is 27.9 Å². The maximum atomic E-state index is 13.2. The van der Waals surface area contributed by atoms with Gasteiger partial charge in [-0.05, 0) is 25.0 Å². The molecule has 2 N–H and O–H groups in total. The molecule has 0 atom stereocenters. The number of rotatable bonds is 6. The first-order chi connectivity index (χ1) is 14.0. The van der Waals surface area contributed by atoms with Gasteiger partial charge in [-0.15, -0.1) is 0 Å². The molecule has 1 heterocycles. The standard InChI is InChI=1S/C14H15Cl2F5N4O4S3/c1-30(26,27)25(31(2,28)29)13-11(7-3-4-7)23-24(14(13)22)12-9(15)5-8(6-10(12)16)32(17,18,19,20)21/h5-7H,3-4,22H2,1-2H3. The van der Waals surface area contributed by atoms with Gasteiger partial charge < -0.3 is 5.73 Å². The summed E-state index contributed by atoms with van der Waals surface area (Å²) in [5.41, 5.74) is 4.77. The fourth-order valence-corrected chi connectivity index (χ4v) is 7.44. The minimum Gasteiger partial charge on any atom is -0.382 e. The third kappa shape index (κ3) is 4.73. The van der Waals surface area contributed by atoms with E-state index in [0.717, 1.165) is 0 Å². The van der Waals surface area contributed by atoms with Crippen molar-refractivity contribution in [3.63, 3.8) is 0 Å². The molecule has 1 saturated carbocycles. The smallest absolute Gasteiger partial charge is 0.310 e. The molecule has 8 nitrogen and oxygen atoms in total. The Labute approximate surface area is 189 Å². The predicted molar refractivity (Wildman–Crippen MR) is 114 cm³/mol. The van der Waals surface area contributed by atoms with E-state index in [2.05, 4.69) is 5.10 Å². The molecule has 32 heavy (non-hydrogen) atoms. The normalized spacial score (nSPS) is 17.7. The Morgan fingerprint density at radius 3 is 1.81 bits per heavy atom. The number of nitrogens with two attached hydrogens (primary N) is 1. The van der Waals surface area contributed by atoms with Crippen LogP contribution in [0.4, 0.5) is 30.9 Å². The molecule has 1 aromatic heterocycles. The van der Waals surface area contributed by atoms with Gasteiger partial charge in [0.2, 0.25) is 20.0 Å². The zero-order valence-electron chi connectivity index (χ0n) is 16.1. The highest BCUT2D eigenvalue weighted by Crippen LogP contribution is 3.02. The van der Waals surface area contributed by atoms with Crippen molar-refractivity contribution < 1.29 is 36.3 Å². The average Bonchev–Trinajstić information content (AvgIpc) is 3.30. The van der Waals surface area contributed by atoms with E-state index in [1.54, 1.807) is 0 Å². The summed E-state index contributed by atoms with van der Waals surface area (Å²) in [7, 11) is -19.0. The lowest BCUT2D eigenvalue weighted by Gasteiger charge is -2.40. The molecule has 0 unspecified atom stereocenters. The molecule has 0 aliphatic heterocycles. The second kappa shape index (κ2) is 6.55. The summed E-state index contributed by atoms with van der Waals surface area (Å²) in [4.78, 5) is -2.36. The van der Waals surface area contributed by atoms with Crippen LogP contribution in [0.1, 0.15) is 24.5 Å². The van der Waals surface area contributed by atoms with Gasteiger partial charge in [0.25, 0.3) is 0 Å². The van der Waals surface area contributed by atoms with Crippen LogP contribution in [-0.4, -0.2) is 39.1 Å². The Morgan fingerprint density at radius 2 is 1.47 bits per heavy atom. The molecule has 0 spiro atoms. The SMILES string of the molecule is CS(=O)(=O)N(c1c(C2CC2)nn(-c2c(Cl)cc(S(F)(F)(F)(F)F)cc2Cl)c1N)S(C)(=O)=O. The van der Waals surface area contributed by atoms with Crippen LogP contribution >= 0.6 is 33.4 Å². The monoisotopic (exact) mass is 564 g/mol. The number of benzene rings is 1. The lowest BCUT2D eigenvalue weighted by Crippen LogP contribution is -2.36. The molecular formula is C14H15Cl2F5N4O4S3. The number of nitrogen functional groups attached to an aromatic ring is 1. The molecule has 0 amide bonds. The Kier molecular flexibility index (Phi) is 5.15. The van der Waals surface area contributed by atoms with Gasteiger partial charge in [0.05, 0.1) is 28.3 Å². The lowest BCUT2D eigenvalue weighted by molar-refractivity contribution is 0.364.